The van der Waals surface area contributed by atoms with Gasteiger partial charge in [0.2, 0.25) is 0 Å². The number of amides is 1. The van der Waals surface area contributed by atoms with Gasteiger partial charge in [-0.2, -0.15) is 0 Å². The summed E-state index contributed by atoms with van der Waals surface area (Å²) in [5.41, 5.74) is 0.503. The van der Waals surface area contributed by atoms with Crippen molar-refractivity contribution < 1.29 is 14.6 Å². The van der Waals surface area contributed by atoms with E-state index < -0.39 is 0 Å². The average molecular weight is 249 g/mol. The van der Waals surface area contributed by atoms with Crippen molar-refractivity contribution in [2.75, 3.05) is 14.2 Å². The molecule has 1 fully saturated rings. The Morgan fingerprint density at radius 1 is 1.39 bits per heavy atom. The van der Waals surface area contributed by atoms with Gasteiger partial charge in [0, 0.05) is 18.7 Å². The van der Waals surface area contributed by atoms with Crippen molar-refractivity contribution in [3.8, 4) is 11.5 Å². The van der Waals surface area contributed by atoms with Crippen LogP contribution in [0.2, 0.25) is 0 Å². The fraction of sp³-hybridized carbons (Fsp3) is 0.500. The molecule has 0 saturated heterocycles. The lowest BCUT2D eigenvalue weighted by Gasteiger charge is -2.24. The van der Waals surface area contributed by atoms with Crippen LogP contribution < -0.4 is 4.74 Å². The maximum absolute atomic E-state index is 12.3. The molecule has 1 aromatic rings. The van der Waals surface area contributed by atoms with Gasteiger partial charge in [-0.25, -0.2) is 0 Å². The van der Waals surface area contributed by atoms with Crippen molar-refractivity contribution in [1.29, 1.82) is 0 Å². The summed E-state index contributed by atoms with van der Waals surface area (Å²) in [6.45, 7) is 0. The van der Waals surface area contributed by atoms with Gasteiger partial charge in [-0.15, -0.1) is 0 Å². The minimum atomic E-state index is -0.0418. The van der Waals surface area contributed by atoms with E-state index in [1.54, 1.807) is 17.0 Å². The number of hydrogen-bond donors (Lipinski definition) is 1. The Balaban J connectivity index is 2.15. The number of nitrogens with zero attached hydrogens (tertiary/aromatic N) is 1. The third-order valence-corrected chi connectivity index (χ3v) is 3.62. The topological polar surface area (TPSA) is 49.8 Å². The SMILES string of the molecule is COc1ccc(C(=O)N(C)C2CCCC2)cc1O. The lowest BCUT2D eigenvalue weighted by atomic mass is 10.1. The molecule has 0 unspecified atom stereocenters. The first-order valence-corrected chi connectivity index (χ1v) is 6.27. The minimum Gasteiger partial charge on any atom is -0.504 e. The second-order valence-electron chi connectivity index (χ2n) is 4.74. The summed E-state index contributed by atoms with van der Waals surface area (Å²) in [5.74, 6) is 0.345. The van der Waals surface area contributed by atoms with Crippen LogP contribution in [-0.2, 0) is 0 Å². The Kier molecular flexibility index (Phi) is 3.75. The lowest BCUT2D eigenvalue weighted by Crippen LogP contribution is -2.35. The minimum absolute atomic E-state index is 0.00294. The highest BCUT2D eigenvalue weighted by Gasteiger charge is 2.24. The zero-order valence-electron chi connectivity index (χ0n) is 10.8. The van der Waals surface area contributed by atoms with E-state index in [2.05, 4.69) is 0 Å². The molecular formula is C14H19NO3. The van der Waals surface area contributed by atoms with Crippen LogP contribution in [0.3, 0.4) is 0 Å². The molecule has 0 spiro atoms. The third-order valence-electron chi connectivity index (χ3n) is 3.62. The van der Waals surface area contributed by atoms with Crippen molar-refractivity contribution in [1.82, 2.24) is 4.90 Å². The summed E-state index contributed by atoms with van der Waals surface area (Å²) in [7, 11) is 3.32. The molecule has 1 aliphatic carbocycles. The van der Waals surface area contributed by atoms with Gasteiger partial charge in [0.25, 0.3) is 5.91 Å². The zero-order chi connectivity index (χ0) is 13.1. The van der Waals surface area contributed by atoms with Crippen molar-refractivity contribution >= 4 is 5.91 Å². The Hall–Kier alpha value is -1.71. The summed E-state index contributed by atoms with van der Waals surface area (Å²) in [6, 6.07) is 5.10. The molecule has 0 heterocycles. The Labute approximate surface area is 107 Å². The zero-order valence-corrected chi connectivity index (χ0v) is 10.8. The number of methoxy groups -OCH3 is 1. The van der Waals surface area contributed by atoms with Crippen LogP contribution in [0.1, 0.15) is 36.0 Å². The van der Waals surface area contributed by atoms with Gasteiger partial charge in [-0.1, -0.05) is 12.8 Å². The molecule has 0 bridgehead atoms. The number of carbonyl (C=O) groups is 1. The maximum Gasteiger partial charge on any atom is 0.253 e. The van der Waals surface area contributed by atoms with Crippen LogP contribution >= 0.6 is 0 Å². The second-order valence-corrected chi connectivity index (χ2v) is 4.74. The summed E-state index contributed by atoms with van der Waals surface area (Å²) in [5, 5.41) is 9.69. The van der Waals surface area contributed by atoms with Gasteiger partial charge in [0.15, 0.2) is 11.5 Å². The van der Waals surface area contributed by atoms with Crippen molar-refractivity contribution in [3.63, 3.8) is 0 Å². The van der Waals surface area contributed by atoms with Crippen molar-refractivity contribution in [2.24, 2.45) is 0 Å². The number of benzene rings is 1. The Morgan fingerprint density at radius 2 is 2.06 bits per heavy atom. The molecule has 0 aromatic heterocycles. The summed E-state index contributed by atoms with van der Waals surface area (Å²) >= 11 is 0. The van der Waals surface area contributed by atoms with Gasteiger partial charge in [-0.3, -0.25) is 4.79 Å². The molecule has 1 aromatic carbocycles. The normalized spacial score (nSPS) is 15.7. The molecule has 1 amide bonds. The van der Waals surface area contributed by atoms with E-state index in [1.807, 2.05) is 7.05 Å². The fourth-order valence-corrected chi connectivity index (χ4v) is 2.48. The number of carbonyl (C=O) groups excluding carboxylic acids is 1. The highest BCUT2D eigenvalue weighted by Crippen LogP contribution is 2.28. The molecule has 1 saturated carbocycles. The van der Waals surface area contributed by atoms with Crippen LogP contribution in [0.4, 0.5) is 0 Å². The monoisotopic (exact) mass is 249 g/mol. The fourth-order valence-electron chi connectivity index (χ4n) is 2.48. The molecule has 2 rings (SSSR count). The Bertz CT molecular complexity index is 439. The first-order valence-electron chi connectivity index (χ1n) is 6.27. The largest absolute Gasteiger partial charge is 0.504 e. The van der Waals surface area contributed by atoms with E-state index in [4.69, 9.17) is 4.74 Å². The smallest absolute Gasteiger partial charge is 0.253 e. The van der Waals surface area contributed by atoms with Gasteiger partial charge < -0.3 is 14.7 Å². The van der Waals surface area contributed by atoms with Gasteiger partial charge >= 0.3 is 0 Å². The molecular weight excluding hydrogens is 230 g/mol. The summed E-state index contributed by atoms with van der Waals surface area (Å²) in [6.07, 6.45) is 4.53. The number of ether oxygens (including phenoxy) is 1. The molecule has 98 valence electrons. The average Bonchev–Trinajstić information content (AvgIpc) is 2.90. The van der Waals surface area contributed by atoms with Crippen molar-refractivity contribution in [3.05, 3.63) is 23.8 Å². The lowest BCUT2D eigenvalue weighted by molar-refractivity contribution is 0.0734. The number of hydrogen-bond acceptors (Lipinski definition) is 3. The van der Waals surface area contributed by atoms with Crippen LogP contribution in [0, 0.1) is 0 Å². The molecule has 4 nitrogen and oxygen atoms in total. The maximum atomic E-state index is 12.3. The molecule has 4 heteroatoms. The van der Waals surface area contributed by atoms with Gasteiger partial charge in [0.05, 0.1) is 7.11 Å². The summed E-state index contributed by atoms with van der Waals surface area (Å²) in [4.78, 5) is 14.0. The first-order chi connectivity index (χ1) is 8.63. The summed E-state index contributed by atoms with van der Waals surface area (Å²) < 4.78 is 4.97. The van der Waals surface area contributed by atoms with Gasteiger partial charge in [-0.05, 0) is 31.0 Å². The van der Waals surface area contributed by atoms with Crippen molar-refractivity contribution in [2.45, 2.75) is 31.7 Å². The van der Waals surface area contributed by atoms with E-state index in [9.17, 15) is 9.90 Å². The highest BCUT2D eigenvalue weighted by molar-refractivity contribution is 5.95. The highest BCUT2D eigenvalue weighted by atomic mass is 16.5. The molecule has 0 aliphatic heterocycles. The number of rotatable bonds is 3. The van der Waals surface area contributed by atoms with Gasteiger partial charge in [0.1, 0.15) is 0 Å². The van der Waals surface area contributed by atoms with E-state index in [1.165, 1.54) is 26.0 Å². The second kappa shape index (κ2) is 5.29. The molecule has 0 atom stereocenters. The number of phenolic OH excluding ortho intramolecular Hbond substituents is 1. The molecule has 1 aliphatic rings. The predicted octanol–water partition coefficient (Wildman–Crippen LogP) is 2.42. The predicted molar refractivity (Wildman–Crippen MR) is 69.0 cm³/mol. The first kappa shape index (κ1) is 12.7. The third kappa shape index (κ3) is 2.42. The molecule has 18 heavy (non-hydrogen) atoms. The van der Waals surface area contributed by atoms with E-state index >= 15 is 0 Å². The van der Waals surface area contributed by atoms with E-state index in [0.717, 1.165) is 12.8 Å². The molecule has 0 radical (unpaired) electrons. The van der Waals surface area contributed by atoms with Crippen LogP contribution in [0.25, 0.3) is 0 Å². The number of aromatic hydroxyl groups is 1. The Morgan fingerprint density at radius 3 is 2.61 bits per heavy atom. The van der Waals surface area contributed by atoms with E-state index in [0.29, 0.717) is 17.4 Å². The van der Waals surface area contributed by atoms with Crippen LogP contribution in [0.15, 0.2) is 18.2 Å². The standard InChI is InChI=1S/C14H19NO3/c1-15(11-5-3-4-6-11)14(17)10-7-8-13(18-2)12(16)9-10/h7-9,11,16H,3-6H2,1-2H3. The quantitative estimate of drug-likeness (QED) is 0.895. The van der Waals surface area contributed by atoms with E-state index in [-0.39, 0.29) is 11.7 Å². The van der Waals surface area contributed by atoms with Crippen LogP contribution in [0.5, 0.6) is 11.5 Å². The van der Waals surface area contributed by atoms with Crippen LogP contribution in [-0.4, -0.2) is 36.1 Å². The molecule has 1 N–H and O–H groups in total. The number of phenols is 1.